The lowest BCUT2D eigenvalue weighted by atomic mass is 10.1. The first-order chi connectivity index (χ1) is 10.8. The molecule has 0 saturated carbocycles. The summed E-state index contributed by atoms with van der Waals surface area (Å²) in [5, 5.41) is 3.15. The van der Waals surface area contributed by atoms with Crippen LogP contribution in [0.25, 0.3) is 21.8 Å². The van der Waals surface area contributed by atoms with Crippen LogP contribution >= 0.6 is 23.1 Å². The predicted octanol–water partition coefficient (Wildman–Crippen LogP) is 5.05. The summed E-state index contributed by atoms with van der Waals surface area (Å²) in [5.74, 6) is 1.09. The third-order valence-electron chi connectivity index (χ3n) is 3.43. The molecule has 112 valence electrons. The summed E-state index contributed by atoms with van der Waals surface area (Å²) in [5.41, 5.74) is 10.3. The van der Waals surface area contributed by atoms with Gasteiger partial charge in [0.15, 0.2) is 0 Å². The van der Waals surface area contributed by atoms with Crippen molar-refractivity contribution in [2.24, 2.45) is 5.73 Å². The fourth-order valence-corrected chi connectivity index (χ4v) is 3.88. The quantitative estimate of drug-likeness (QED) is 0.667. The summed E-state index contributed by atoms with van der Waals surface area (Å²) in [4.78, 5) is 6.09. The Labute approximate surface area is 139 Å². The molecule has 22 heavy (non-hydrogen) atoms. The normalized spacial score (nSPS) is 10.8. The van der Waals surface area contributed by atoms with Crippen LogP contribution in [0.5, 0.6) is 0 Å². The zero-order valence-electron chi connectivity index (χ0n) is 12.5. The molecule has 0 spiro atoms. The molecule has 0 aliphatic heterocycles. The van der Waals surface area contributed by atoms with Crippen LogP contribution in [0.1, 0.15) is 12.5 Å². The molecule has 2 nitrogen and oxygen atoms in total. The minimum atomic E-state index is 0.536. The van der Waals surface area contributed by atoms with Gasteiger partial charge in [-0.15, -0.1) is 23.1 Å². The van der Waals surface area contributed by atoms with E-state index in [0.29, 0.717) is 6.54 Å². The van der Waals surface area contributed by atoms with Gasteiger partial charge in [-0.1, -0.05) is 43.3 Å². The molecular weight excluding hydrogens is 308 g/mol. The standard InChI is InChI=1S/C18H18N2S2/c1-2-21-15-9-7-13(8-10-15)17-12-22-18(20-17)16-6-4-3-5-14(16)11-19/h3-10,12H,2,11,19H2,1H3. The second-order valence-corrected chi connectivity index (χ2v) is 7.05. The van der Waals surface area contributed by atoms with Crippen molar-refractivity contribution in [3.8, 4) is 21.8 Å². The first kappa shape index (κ1) is 15.3. The number of rotatable bonds is 5. The van der Waals surface area contributed by atoms with Crippen molar-refractivity contribution in [3.63, 3.8) is 0 Å². The molecular formula is C18H18N2S2. The number of benzene rings is 2. The third-order valence-corrected chi connectivity index (χ3v) is 5.20. The highest BCUT2D eigenvalue weighted by molar-refractivity contribution is 7.99. The Balaban J connectivity index is 1.90. The molecule has 3 aromatic rings. The Morgan fingerprint density at radius 2 is 1.86 bits per heavy atom. The van der Waals surface area contributed by atoms with E-state index in [4.69, 9.17) is 10.7 Å². The van der Waals surface area contributed by atoms with Crippen LogP contribution in [-0.2, 0) is 6.54 Å². The van der Waals surface area contributed by atoms with Crippen LogP contribution in [0.15, 0.2) is 58.8 Å². The minimum absolute atomic E-state index is 0.536. The maximum Gasteiger partial charge on any atom is 0.124 e. The largest absolute Gasteiger partial charge is 0.326 e. The van der Waals surface area contributed by atoms with Gasteiger partial charge in [0, 0.05) is 27.9 Å². The van der Waals surface area contributed by atoms with E-state index in [9.17, 15) is 0 Å². The average molecular weight is 326 g/mol. The van der Waals surface area contributed by atoms with Gasteiger partial charge in [-0.05, 0) is 23.4 Å². The summed E-state index contributed by atoms with van der Waals surface area (Å²) in [7, 11) is 0. The first-order valence-corrected chi connectivity index (χ1v) is 9.15. The Bertz CT molecular complexity index is 748. The molecule has 0 saturated heterocycles. The van der Waals surface area contributed by atoms with Crippen LogP contribution in [0, 0.1) is 0 Å². The summed E-state index contributed by atoms with van der Waals surface area (Å²) >= 11 is 3.52. The maximum atomic E-state index is 5.83. The van der Waals surface area contributed by atoms with Crippen molar-refractivity contribution in [2.75, 3.05) is 5.75 Å². The van der Waals surface area contributed by atoms with E-state index in [2.05, 4.69) is 48.7 Å². The highest BCUT2D eigenvalue weighted by Crippen LogP contribution is 2.31. The van der Waals surface area contributed by atoms with E-state index in [0.717, 1.165) is 33.1 Å². The smallest absolute Gasteiger partial charge is 0.124 e. The van der Waals surface area contributed by atoms with Crippen molar-refractivity contribution < 1.29 is 0 Å². The summed E-state index contributed by atoms with van der Waals surface area (Å²) in [6.45, 7) is 2.70. The molecule has 0 aliphatic rings. The van der Waals surface area contributed by atoms with E-state index < -0.39 is 0 Å². The van der Waals surface area contributed by atoms with Gasteiger partial charge in [0.1, 0.15) is 5.01 Å². The molecule has 0 bridgehead atoms. The monoisotopic (exact) mass is 326 g/mol. The Morgan fingerprint density at radius 1 is 1.09 bits per heavy atom. The number of thiazole rings is 1. The molecule has 1 heterocycles. The maximum absolute atomic E-state index is 5.83. The van der Waals surface area contributed by atoms with E-state index in [1.54, 1.807) is 11.3 Å². The lowest BCUT2D eigenvalue weighted by Crippen LogP contribution is -1.98. The molecule has 3 rings (SSSR count). The number of hydrogen-bond donors (Lipinski definition) is 1. The number of nitrogens with two attached hydrogens (primary N) is 1. The molecule has 2 aromatic carbocycles. The second-order valence-electron chi connectivity index (χ2n) is 4.86. The van der Waals surface area contributed by atoms with Gasteiger partial charge in [0.25, 0.3) is 0 Å². The molecule has 0 atom stereocenters. The topological polar surface area (TPSA) is 38.9 Å². The molecule has 0 radical (unpaired) electrons. The van der Waals surface area contributed by atoms with Crippen LogP contribution < -0.4 is 5.73 Å². The minimum Gasteiger partial charge on any atom is -0.326 e. The van der Waals surface area contributed by atoms with Gasteiger partial charge in [-0.2, -0.15) is 0 Å². The molecule has 0 aliphatic carbocycles. The molecule has 0 unspecified atom stereocenters. The van der Waals surface area contributed by atoms with Gasteiger partial charge < -0.3 is 5.73 Å². The fraction of sp³-hybridized carbons (Fsp3) is 0.167. The van der Waals surface area contributed by atoms with Crippen LogP contribution in [0.3, 0.4) is 0 Å². The SMILES string of the molecule is CCSc1ccc(-c2csc(-c3ccccc3CN)n2)cc1. The number of thioether (sulfide) groups is 1. The average Bonchev–Trinajstić information content (AvgIpc) is 3.05. The Morgan fingerprint density at radius 3 is 2.59 bits per heavy atom. The lowest BCUT2D eigenvalue weighted by Gasteiger charge is -2.04. The molecule has 0 amide bonds. The van der Waals surface area contributed by atoms with Crippen molar-refractivity contribution in [1.29, 1.82) is 0 Å². The number of hydrogen-bond acceptors (Lipinski definition) is 4. The number of aromatic nitrogens is 1. The van der Waals surface area contributed by atoms with E-state index in [1.165, 1.54) is 4.90 Å². The number of nitrogens with zero attached hydrogens (tertiary/aromatic N) is 1. The Kier molecular flexibility index (Phi) is 4.93. The highest BCUT2D eigenvalue weighted by Gasteiger charge is 2.09. The lowest BCUT2D eigenvalue weighted by molar-refractivity contribution is 1.07. The summed E-state index contributed by atoms with van der Waals surface area (Å²) < 4.78 is 0. The zero-order chi connectivity index (χ0) is 15.4. The van der Waals surface area contributed by atoms with Crippen molar-refractivity contribution >= 4 is 23.1 Å². The van der Waals surface area contributed by atoms with E-state index in [1.807, 2.05) is 23.9 Å². The Hall–Kier alpha value is -1.62. The first-order valence-electron chi connectivity index (χ1n) is 7.29. The fourth-order valence-electron chi connectivity index (χ4n) is 2.33. The molecule has 2 N–H and O–H groups in total. The van der Waals surface area contributed by atoms with Crippen LogP contribution in [0.4, 0.5) is 0 Å². The molecule has 4 heteroatoms. The van der Waals surface area contributed by atoms with Crippen LogP contribution in [0.2, 0.25) is 0 Å². The van der Waals surface area contributed by atoms with Crippen molar-refractivity contribution in [3.05, 3.63) is 59.5 Å². The van der Waals surface area contributed by atoms with Gasteiger partial charge in [0.05, 0.1) is 5.69 Å². The summed E-state index contributed by atoms with van der Waals surface area (Å²) in [6, 6.07) is 16.8. The highest BCUT2D eigenvalue weighted by atomic mass is 32.2. The molecule has 0 fully saturated rings. The van der Waals surface area contributed by atoms with Gasteiger partial charge >= 0.3 is 0 Å². The zero-order valence-corrected chi connectivity index (χ0v) is 14.1. The van der Waals surface area contributed by atoms with Gasteiger partial charge in [-0.3, -0.25) is 0 Å². The van der Waals surface area contributed by atoms with E-state index >= 15 is 0 Å². The van der Waals surface area contributed by atoms with Gasteiger partial charge in [-0.25, -0.2) is 4.98 Å². The van der Waals surface area contributed by atoms with Crippen molar-refractivity contribution in [1.82, 2.24) is 4.98 Å². The van der Waals surface area contributed by atoms with Crippen molar-refractivity contribution in [2.45, 2.75) is 18.4 Å². The van der Waals surface area contributed by atoms with Crippen LogP contribution in [-0.4, -0.2) is 10.7 Å². The predicted molar refractivity (Wildman–Crippen MR) is 97.3 cm³/mol. The second kappa shape index (κ2) is 7.09. The molecule has 1 aromatic heterocycles. The third kappa shape index (κ3) is 3.24. The van der Waals surface area contributed by atoms with Gasteiger partial charge in [0.2, 0.25) is 0 Å². The summed E-state index contributed by atoms with van der Waals surface area (Å²) in [6.07, 6.45) is 0. The van der Waals surface area contributed by atoms with E-state index in [-0.39, 0.29) is 0 Å².